The number of carbonyl (C=O) groups excluding carboxylic acids is 1. The van der Waals surface area contributed by atoms with E-state index in [9.17, 15) is 9.90 Å². The van der Waals surface area contributed by atoms with Crippen molar-refractivity contribution in [2.45, 2.75) is 37.7 Å². The zero-order valence-corrected chi connectivity index (χ0v) is 12.4. The van der Waals surface area contributed by atoms with Gasteiger partial charge in [0.25, 0.3) is 5.91 Å². The van der Waals surface area contributed by atoms with Crippen LogP contribution in [0.3, 0.4) is 0 Å². The molecule has 0 spiro atoms. The van der Waals surface area contributed by atoms with Crippen molar-refractivity contribution in [3.8, 4) is 0 Å². The number of piperidine rings is 1. The molecule has 114 valence electrons. The number of nitrogens with one attached hydrogen (secondary N) is 1. The molecule has 2 heterocycles. The average Bonchev–Trinajstić information content (AvgIpc) is 2.53. The maximum Gasteiger partial charge on any atom is 0.274 e. The number of anilines is 1. The van der Waals surface area contributed by atoms with Crippen LogP contribution in [0, 0.1) is 5.92 Å². The molecule has 6 heteroatoms. The highest BCUT2D eigenvalue weighted by molar-refractivity contribution is 5.92. The summed E-state index contributed by atoms with van der Waals surface area (Å²) in [5.41, 5.74) is -0.188. The van der Waals surface area contributed by atoms with Gasteiger partial charge in [-0.15, -0.1) is 0 Å². The van der Waals surface area contributed by atoms with Gasteiger partial charge in [0.15, 0.2) is 0 Å². The summed E-state index contributed by atoms with van der Waals surface area (Å²) in [6.07, 6.45) is 7.86. The van der Waals surface area contributed by atoms with Crippen LogP contribution in [0.4, 0.5) is 5.82 Å². The van der Waals surface area contributed by atoms with Crippen LogP contribution in [0.1, 0.15) is 42.6 Å². The Bertz CT molecular complexity index is 519. The standard InChI is InChI=1S/C15H22N4O2/c1-16-13-9-17-12(8-18-13)14(20)19-7-6-15(21)5-3-2-4-11(15)10-19/h8-9,11,21H,2-7,10H2,1H3,(H,16,18). The number of nitrogens with zero attached hydrogens (tertiary/aromatic N) is 3. The number of aliphatic hydroxyl groups is 1. The fraction of sp³-hybridized carbons (Fsp3) is 0.667. The molecule has 1 aliphatic carbocycles. The molecule has 0 bridgehead atoms. The second-order valence-electron chi connectivity index (χ2n) is 6.08. The Morgan fingerprint density at radius 3 is 2.95 bits per heavy atom. The number of rotatable bonds is 2. The van der Waals surface area contributed by atoms with Gasteiger partial charge in [-0.1, -0.05) is 12.8 Å². The highest BCUT2D eigenvalue weighted by Gasteiger charge is 2.43. The van der Waals surface area contributed by atoms with E-state index in [1.54, 1.807) is 13.2 Å². The minimum Gasteiger partial charge on any atom is -0.389 e. The summed E-state index contributed by atoms with van der Waals surface area (Å²) in [5, 5.41) is 13.5. The molecule has 2 atom stereocenters. The SMILES string of the molecule is CNc1cnc(C(=O)N2CCC3(O)CCCCC3C2)cn1. The van der Waals surface area contributed by atoms with Gasteiger partial charge in [0, 0.05) is 26.1 Å². The summed E-state index contributed by atoms with van der Waals surface area (Å²) in [7, 11) is 1.76. The number of hydrogen-bond acceptors (Lipinski definition) is 5. The lowest BCUT2D eigenvalue weighted by atomic mass is 9.71. The molecule has 1 saturated heterocycles. The van der Waals surface area contributed by atoms with Gasteiger partial charge in [0.2, 0.25) is 0 Å². The van der Waals surface area contributed by atoms with Gasteiger partial charge < -0.3 is 15.3 Å². The van der Waals surface area contributed by atoms with Crippen molar-refractivity contribution in [1.29, 1.82) is 0 Å². The van der Waals surface area contributed by atoms with Crippen molar-refractivity contribution in [2.75, 3.05) is 25.5 Å². The predicted molar refractivity (Wildman–Crippen MR) is 79.0 cm³/mol. The molecule has 2 unspecified atom stereocenters. The van der Waals surface area contributed by atoms with Crippen LogP contribution < -0.4 is 5.32 Å². The van der Waals surface area contributed by atoms with Crippen molar-refractivity contribution in [3.63, 3.8) is 0 Å². The van der Waals surface area contributed by atoms with Crippen LogP contribution in [0.2, 0.25) is 0 Å². The predicted octanol–water partition coefficient (Wildman–Crippen LogP) is 1.29. The van der Waals surface area contributed by atoms with Crippen LogP contribution in [-0.4, -0.2) is 51.6 Å². The second kappa shape index (κ2) is 5.60. The molecule has 1 saturated carbocycles. The van der Waals surface area contributed by atoms with E-state index in [1.165, 1.54) is 6.20 Å². The van der Waals surface area contributed by atoms with Crippen LogP contribution in [0.15, 0.2) is 12.4 Å². The first-order chi connectivity index (χ1) is 10.1. The molecular formula is C15H22N4O2. The van der Waals surface area contributed by atoms with Crippen LogP contribution in [-0.2, 0) is 0 Å². The van der Waals surface area contributed by atoms with E-state index in [2.05, 4.69) is 15.3 Å². The lowest BCUT2D eigenvalue weighted by molar-refractivity contribution is -0.0886. The van der Waals surface area contributed by atoms with Gasteiger partial charge in [-0.25, -0.2) is 9.97 Å². The summed E-state index contributed by atoms with van der Waals surface area (Å²) in [4.78, 5) is 22.6. The first kappa shape index (κ1) is 14.3. The molecule has 2 fully saturated rings. The van der Waals surface area contributed by atoms with Crippen LogP contribution in [0.25, 0.3) is 0 Å². The fourth-order valence-corrected chi connectivity index (χ4v) is 3.48. The maximum atomic E-state index is 12.5. The van der Waals surface area contributed by atoms with E-state index in [0.717, 1.165) is 25.7 Å². The van der Waals surface area contributed by atoms with E-state index in [-0.39, 0.29) is 11.8 Å². The number of likely N-dealkylation sites (tertiary alicyclic amines) is 1. The first-order valence-corrected chi connectivity index (χ1v) is 7.64. The van der Waals surface area contributed by atoms with Gasteiger partial charge in [-0.2, -0.15) is 0 Å². The molecule has 1 amide bonds. The molecular weight excluding hydrogens is 268 g/mol. The molecule has 1 aromatic heterocycles. The summed E-state index contributed by atoms with van der Waals surface area (Å²) in [6.45, 7) is 1.23. The normalized spacial score (nSPS) is 28.9. The van der Waals surface area contributed by atoms with Gasteiger partial charge >= 0.3 is 0 Å². The Labute approximate surface area is 124 Å². The molecule has 1 aromatic rings. The molecule has 21 heavy (non-hydrogen) atoms. The summed E-state index contributed by atoms with van der Waals surface area (Å²) in [5.74, 6) is 0.762. The number of carbonyl (C=O) groups is 1. The molecule has 0 aromatic carbocycles. The topological polar surface area (TPSA) is 78.4 Å². The zero-order valence-electron chi connectivity index (χ0n) is 12.4. The second-order valence-corrected chi connectivity index (χ2v) is 6.08. The number of aromatic nitrogens is 2. The first-order valence-electron chi connectivity index (χ1n) is 7.64. The van der Waals surface area contributed by atoms with Crippen molar-refractivity contribution in [3.05, 3.63) is 18.1 Å². The number of amides is 1. The Hall–Kier alpha value is -1.69. The summed E-state index contributed by atoms with van der Waals surface area (Å²) < 4.78 is 0. The third kappa shape index (κ3) is 2.72. The molecule has 1 aliphatic heterocycles. The summed E-state index contributed by atoms with van der Waals surface area (Å²) >= 11 is 0. The Morgan fingerprint density at radius 1 is 1.38 bits per heavy atom. The molecule has 3 rings (SSSR count). The largest absolute Gasteiger partial charge is 0.389 e. The molecule has 2 aliphatic rings. The third-order valence-electron chi connectivity index (χ3n) is 4.84. The smallest absolute Gasteiger partial charge is 0.274 e. The molecule has 2 N–H and O–H groups in total. The van der Waals surface area contributed by atoms with Crippen LogP contribution >= 0.6 is 0 Å². The zero-order chi connectivity index (χ0) is 14.9. The lowest BCUT2D eigenvalue weighted by Crippen LogP contribution is -2.54. The van der Waals surface area contributed by atoms with Crippen molar-refractivity contribution in [2.24, 2.45) is 5.92 Å². The highest BCUT2D eigenvalue weighted by Crippen LogP contribution is 2.39. The van der Waals surface area contributed by atoms with Crippen molar-refractivity contribution >= 4 is 11.7 Å². The average molecular weight is 290 g/mol. The van der Waals surface area contributed by atoms with Gasteiger partial charge in [0.05, 0.1) is 18.0 Å². The number of hydrogen-bond donors (Lipinski definition) is 2. The highest BCUT2D eigenvalue weighted by atomic mass is 16.3. The lowest BCUT2D eigenvalue weighted by Gasteiger charge is -2.47. The fourth-order valence-electron chi connectivity index (χ4n) is 3.48. The summed E-state index contributed by atoms with van der Waals surface area (Å²) in [6, 6.07) is 0. The third-order valence-corrected chi connectivity index (χ3v) is 4.84. The van der Waals surface area contributed by atoms with E-state index in [4.69, 9.17) is 0 Å². The minimum absolute atomic E-state index is 0.0854. The molecule has 6 nitrogen and oxygen atoms in total. The quantitative estimate of drug-likeness (QED) is 0.858. The monoisotopic (exact) mass is 290 g/mol. The number of fused-ring (bicyclic) bond motifs is 1. The van der Waals surface area contributed by atoms with E-state index < -0.39 is 5.60 Å². The van der Waals surface area contributed by atoms with Gasteiger partial charge in [-0.3, -0.25) is 4.79 Å². The Balaban J connectivity index is 1.70. The van der Waals surface area contributed by atoms with Crippen molar-refractivity contribution in [1.82, 2.24) is 14.9 Å². The Kier molecular flexibility index (Phi) is 3.80. The van der Waals surface area contributed by atoms with E-state index in [1.807, 2.05) is 4.90 Å². The van der Waals surface area contributed by atoms with E-state index in [0.29, 0.717) is 31.0 Å². The van der Waals surface area contributed by atoms with Gasteiger partial charge in [0.1, 0.15) is 11.5 Å². The minimum atomic E-state index is -0.559. The van der Waals surface area contributed by atoms with E-state index >= 15 is 0 Å². The van der Waals surface area contributed by atoms with Crippen molar-refractivity contribution < 1.29 is 9.90 Å². The Morgan fingerprint density at radius 2 is 2.24 bits per heavy atom. The molecule has 0 radical (unpaired) electrons. The van der Waals surface area contributed by atoms with Crippen LogP contribution in [0.5, 0.6) is 0 Å². The maximum absolute atomic E-state index is 12.5. The van der Waals surface area contributed by atoms with Gasteiger partial charge in [-0.05, 0) is 19.3 Å².